The number of hydrogen-bond acceptors (Lipinski definition) is 7. The summed E-state index contributed by atoms with van der Waals surface area (Å²) >= 11 is 5.83. The van der Waals surface area contributed by atoms with Crippen molar-refractivity contribution in [3.8, 4) is 0 Å². The minimum absolute atomic E-state index is 0.0230. The van der Waals surface area contributed by atoms with E-state index in [1.165, 1.54) is 6.20 Å². The van der Waals surface area contributed by atoms with Gasteiger partial charge in [-0.15, -0.1) is 0 Å². The van der Waals surface area contributed by atoms with E-state index in [1.807, 2.05) is 0 Å². The molecule has 0 bridgehead atoms. The second-order valence-electron chi connectivity index (χ2n) is 3.20. The molecule has 1 aromatic heterocycles. The molecule has 0 aliphatic heterocycles. The van der Waals surface area contributed by atoms with Crippen LogP contribution in [0.5, 0.6) is 0 Å². The minimum atomic E-state index is -3.01. The van der Waals surface area contributed by atoms with Gasteiger partial charge in [0.2, 0.25) is 5.95 Å². The van der Waals surface area contributed by atoms with Crippen molar-refractivity contribution in [1.29, 1.82) is 0 Å². The van der Waals surface area contributed by atoms with Gasteiger partial charge in [0.25, 0.3) is 0 Å². The van der Waals surface area contributed by atoms with E-state index in [0.717, 1.165) is 0 Å². The normalized spacial score (nSPS) is 11.2. The summed E-state index contributed by atoms with van der Waals surface area (Å²) in [7, 11) is -3.01. The molecule has 0 fully saturated rings. The molecule has 7 nitrogen and oxygen atoms in total. The average molecular weight is 280 g/mol. The molecule has 0 spiro atoms. The molecule has 0 aliphatic carbocycles. The standard InChI is InChI=1S/C8H14ClN5O2S/c1-2-17(15,16)4-3-11-7-6(9)5-12-8(13-7)14-10/h5H,2-4,10H2,1H3,(H2,11,12,13,14). The molecule has 9 heteroatoms. The molecule has 4 N–H and O–H groups in total. The number of nitrogens with two attached hydrogens (primary N) is 1. The Morgan fingerprint density at radius 3 is 2.82 bits per heavy atom. The summed E-state index contributed by atoms with van der Waals surface area (Å²) in [5, 5.41) is 3.12. The monoisotopic (exact) mass is 279 g/mol. The van der Waals surface area contributed by atoms with Crippen LogP contribution in [0.25, 0.3) is 0 Å². The third kappa shape index (κ3) is 4.33. The van der Waals surface area contributed by atoms with E-state index in [2.05, 4.69) is 20.7 Å². The molecule has 96 valence electrons. The smallest absolute Gasteiger partial charge is 0.239 e. The van der Waals surface area contributed by atoms with Gasteiger partial charge >= 0.3 is 0 Å². The van der Waals surface area contributed by atoms with Crippen LogP contribution < -0.4 is 16.6 Å². The van der Waals surface area contributed by atoms with Gasteiger partial charge in [0, 0.05) is 12.3 Å². The minimum Gasteiger partial charge on any atom is -0.368 e. The summed E-state index contributed by atoms with van der Waals surface area (Å²) in [4.78, 5) is 7.74. The summed E-state index contributed by atoms with van der Waals surface area (Å²) in [5.41, 5.74) is 2.27. The summed E-state index contributed by atoms with van der Waals surface area (Å²) in [6.45, 7) is 1.83. The first-order valence-electron chi connectivity index (χ1n) is 4.92. The number of anilines is 2. The molecule has 1 heterocycles. The molecule has 0 aliphatic rings. The van der Waals surface area contributed by atoms with Crippen LogP contribution in [-0.4, -0.2) is 36.4 Å². The zero-order valence-corrected chi connectivity index (χ0v) is 10.8. The van der Waals surface area contributed by atoms with Crippen LogP contribution in [-0.2, 0) is 9.84 Å². The molecule has 0 unspecified atom stereocenters. The molecule has 0 saturated heterocycles. The summed E-state index contributed by atoms with van der Waals surface area (Å²) in [6.07, 6.45) is 1.38. The van der Waals surface area contributed by atoms with E-state index in [9.17, 15) is 8.42 Å². The van der Waals surface area contributed by atoms with Crippen LogP contribution in [0.3, 0.4) is 0 Å². The Kier molecular flexibility index (Phi) is 4.91. The Bertz CT molecular complexity index is 479. The average Bonchev–Trinajstić information content (AvgIpc) is 2.31. The highest BCUT2D eigenvalue weighted by atomic mass is 35.5. The summed E-state index contributed by atoms with van der Waals surface area (Å²) < 4.78 is 22.5. The Balaban J connectivity index is 2.63. The SMILES string of the molecule is CCS(=O)(=O)CCNc1nc(NN)ncc1Cl. The third-order valence-corrected chi connectivity index (χ3v) is 4.00. The maximum atomic E-state index is 11.3. The van der Waals surface area contributed by atoms with Gasteiger partial charge in [-0.1, -0.05) is 18.5 Å². The van der Waals surface area contributed by atoms with Crippen molar-refractivity contribution in [2.75, 3.05) is 28.8 Å². The van der Waals surface area contributed by atoms with Crippen molar-refractivity contribution in [1.82, 2.24) is 9.97 Å². The highest BCUT2D eigenvalue weighted by molar-refractivity contribution is 7.91. The fourth-order valence-electron chi connectivity index (χ4n) is 1.03. The van der Waals surface area contributed by atoms with E-state index in [0.29, 0.717) is 10.8 Å². The number of sulfone groups is 1. The molecule has 0 amide bonds. The zero-order valence-electron chi connectivity index (χ0n) is 9.27. The van der Waals surface area contributed by atoms with Gasteiger partial charge in [0.15, 0.2) is 15.7 Å². The van der Waals surface area contributed by atoms with E-state index in [-0.39, 0.29) is 24.0 Å². The molecular weight excluding hydrogens is 266 g/mol. The second kappa shape index (κ2) is 5.99. The topological polar surface area (TPSA) is 110 Å². The molecular formula is C8H14ClN5O2S. The number of hydrogen-bond donors (Lipinski definition) is 3. The highest BCUT2D eigenvalue weighted by Gasteiger charge is 2.08. The van der Waals surface area contributed by atoms with Crippen molar-refractivity contribution < 1.29 is 8.42 Å². The number of hydrazine groups is 1. The van der Waals surface area contributed by atoms with Crippen molar-refractivity contribution in [2.24, 2.45) is 5.84 Å². The van der Waals surface area contributed by atoms with E-state index in [1.54, 1.807) is 6.92 Å². The molecule has 0 aromatic carbocycles. The maximum Gasteiger partial charge on any atom is 0.239 e. The third-order valence-electron chi connectivity index (χ3n) is 2.02. The number of nitrogens with zero attached hydrogens (tertiary/aromatic N) is 2. The molecule has 0 atom stereocenters. The number of rotatable bonds is 6. The van der Waals surface area contributed by atoms with E-state index < -0.39 is 9.84 Å². The lowest BCUT2D eigenvalue weighted by molar-refractivity contribution is 0.597. The first-order chi connectivity index (χ1) is 7.98. The largest absolute Gasteiger partial charge is 0.368 e. The fourth-order valence-corrected chi connectivity index (χ4v) is 1.89. The highest BCUT2D eigenvalue weighted by Crippen LogP contribution is 2.18. The van der Waals surface area contributed by atoms with Crippen molar-refractivity contribution >= 4 is 33.2 Å². The Morgan fingerprint density at radius 2 is 2.24 bits per heavy atom. The Hall–Kier alpha value is -1.12. The van der Waals surface area contributed by atoms with Gasteiger partial charge in [-0.3, -0.25) is 5.43 Å². The lowest BCUT2D eigenvalue weighted by atomic mass is 10.5. The van der Waals surface area contributed by atoms with Crippen LogP contribution in [0.1, 0.15) is 6.92 Å². The van der Waals surface area contributed by atoms with Gasteiger partial charge < -0.3 is 5.32 Å². The van der Waals surface area contributed by atoms with Crippen molar-refractivity contribution in [2.45, 2.75) is 6.92 Å². The fraction of sp³-hybridized carbons (Fsp3) is 0.500. The van der Waals surface area contributed by atoms with Gasteiger partial charge in [-0.2, -0.15) is 4.98 Å². The van der Waals surface area contributed by atoms with E-state index >= 15 is 0 Å². The summed E-state index contributed by atoms with van der Waals surface area (Å²) in [6, 6.07) is 0. The zero-order chi connectivity index (χ0) is 12.9. The first-order valence-corrected chi connectivity index (χ1v) is 7.12. The quantitative estimate of drug-likeness (QED) is 0.506. The number of nitrogens with one attached hydrogen (secondary N) is 2. The van der Waals surface area contributed by atoms with Crippen LogP contribution >= 0.6 is 11.6 Å². The van der Waals surface area contributed by atoms with Gasteiger partial charge in [0.1, 0.15) is 5.02 Å². The molecule has 0 saturated carbocycles. The van der Waals surface area contributed by atoms with Crippen LogP contribution in [0, 0.1) is 0 Å². The molecule has 1 aromatic rings. The van der Waals surface area contributed by atoms with Gasteiger partial charge in [-0.05, 0) is 0 Å². The number of halogens is 1. The second-order valence-corrected chi connectivity index (χ2v) is 6.08. The number of nitrogen functional groups attached to an aromatic ring is 1. The van der Waals surface area contributed by atoms with Crippen molar-refractivity contribution in [3.05, 3.63) is 11.2 Å². The number of aromatic nitrogens is 2. The predicted octanol–water partition coefficient (Wildman–Crippen LogP) is 0.262. The molecule has 1 rings (SSSR count). The van der Waals surface area contributed by atoms with Crippen LogP contribution in [0.15, 0.2) is 6.20 Å². The lowest BCUT2D eigenvalue weighted by Gasteiger charge is -2.08. The summed E-state index contributed by atoms with van der Waals surface area (Å²) in [5.74, 6) is 5.83. The molecule has 17 heavy (non-hydrogen) atoms. The lowest BCUT2D eigenvalue weighted by Crippen LogP contribution is -2.18. The predicted molar refractivity (Wildman–Crippen MR) is 67.7 cm³/mol. The molecule has 0 radical (unpaired) electrons. The van der Waals surface area contributed by atoms with E-state index in [4.69, 9.17) is 17.4 Å². The van der Waals surface area contributed by atoms with Gasteiger partial charge in [0.05, 0.1) is 11.9 Å². The van der Waals surface area contributed by atoms with Gasteiger partial charge in [-0.25, -0.2) is 19.2 Å². The first kappa shape index (κ1) is 13.9. The Morgan fingerprint density at radius 1 is 1.53 bits per heavy atom. The van der Waals surface area contributed by atoms with Crippen LogP contribution in [0.2, 0.25) is 5.02 Å². The Labute approximate surface area is 105 Å². The van der Waals surface area contributed by atoms with Crippen molar-refractivity contribution in [3.63, 3.8) is 0 Å². The maximum absolute atomic E-state index is 11.3. The van der Waals surface area contributed by atoms with Crippen LogP contribution in [0.4, 0.5) is 11.8 Å².